The van der Waals surface area contributed by atoms with Crippen LogP contribution in [0.4, 0.5) is 23.7 Å². The maximum Gasteiger partial charge on any atom is 0.451 e. The van der Waals surface area contributed by atoms with Crippen molar-refractivity contribution in [2.24, 2.45) is 0 Å². The predicted octanol–water partition coefficient (Wildman–Crippen LogP) is 4.15. The number of esters is 1. The van der Waals surface area contributed by atoms with Crippen LogP contribution in [0.2, 0.25) is 0 Å². The number of fused-ring (bicyclic) bond motifs is 1. The Bertz CT molecular complexity index is 1270. The summed E-state index contributed by atoms with van der Waals surface area (Å²) < 4.78 is 46.5. The lowest BCUT2D eigenvalue weighted by Gasteiger charge is -2.42. The third-order valence-corrected chi connectivity index (χ3v) is 5.66. The molecule has 0 saturated carbocycles. The SMILES string of the molecule is COC(=O)C1=C(C)[N+](c2cccc(C(F)(F)F)c2)=C2N(C)C(=O)N2C1c1ccc(C#N)cc1. The number of halogens is 3. The zero-order valence-corrected chi connectivity index (χ0v) is 17.8. The fourth-order valence-electron chi connectivity index (χ4n) is 4.09. The molecule has 0 spiro atoms. The summed E-state index contributed by atoms with van der Waals surface area (Å²) in [6.45, 7) is 1.59. The summed E-state index contributed by atoms with van der Waals surface area (Å²) in [4.78, 5) is 28.4. The normalized spacial score (nSPS) is 18.1. The number of hydrogen-bond donors (Lipinski definition) is 0. The van der Waals surface area contributed by atoms with E-state index in [0.29, 0.717) is 22.8 Å². The second-order valence-electron chi connectivity index (χ2n) is 7.52. The van der Waals surface area contributed by atoms with E-state index in [1.165, 1.54) is 40.7 Å². The highest BCUT2D eigenvalue weighted by atomic mass is 19.4. The van der Waals surface area contributed by atoms with E-state index >= 15 is 0 Å². The van der Waals surface area contributed by atoms with E-state index in [1.54, 1.807) is 31.2 Å². The van der Waals surface area contributed by atoms with Crippen LogP contribution >= 0.6 is 0 Å². The van der Waals surface area contributed by atoms with Crippen molar-refractivity contribution in [2.75, 3.05) is 14.2 Å². The third-order valence-electron chi connectivity index (χ3n) is 5.66. The topological polar surface area (TPSA) is 76.7 Å². The lowest BCUT2D eigenvalue weighted by molar-refractivity contribution is -0.405. The van der Waals surface area contributed by atoms with Crippen molar-refractivity contribution in [2.45, 2.75) is 19.1 Å². The second-order valence-corrected chi connectivity index (χ2v) is 7.52. The first kappa shape index (κ1) is 22.1. The molecule has 1 fully saturated rings. The molecule has 0 N–H and O–H groups in total. The van der Waals surface area contributed by atoms with Crippen LogP contribution in [0.1, 0.15) is 29.7 Å². The Morgan fingerprint density at radius 3 is 2.42 bits per heavy atom. The van der Waals surface area contributed by atoms with E-state index in [-0.39, 0.29) is 11.3 Å². The molecule has 0 aromatic heterocycles. The van der Waals surface area contributed by atoms with Gasteiger partial charge in [0.25, 0.3) is 0 Å². The van der Waals surface area contributed by atoms with Crippen molar-refractivity contribution >= 4 is 23.6 Å². The van der Waals surface area contributed by atoms with Crippen molar-refractivity contribution in [3.63, 3.8) is 0 Å². The van der Waals surface area contributed by atoms with Gasteiger partial charge in [0.05, 0.1) is 37.1 Å². The number of hydrogen-bond acceptors (Lipinski definition) is 4. The molecule has 0 aliphatic carbocycles. The molecule has 2 aliphatic heterocycles. The molecule has 2 heterocycles. The van der Waals surface area contributed by atoms with Gasteiger partial charge >= 0.3 is 24.1 Å². The lowest BCUT2D eigenvalue weighted by Crippen LogP contribution is -2.68. The number of benzene rings is 2. The maximum atomic E-state index is 13.4. The molecule has 168 valence electrons. The third kappa shape index (κ3) is 3.42. The largest absolute Gasteiger partial charge is 0.465 e. The Morgan fingerprint density at radius 1 is 1.18 bits per heavy atom. The van der Waals surface area contributed by atoms with E-state index in [1.807, 2.05) is 6.07 Å². The average Bonchev–Trinajstić information content (AvgIpc) is 2.81. The van der Waals surface area contributed by atoms with E-state index < -0.39 is 29.8 Å². The first-order chi connectivity index (χ1) is 15.6. The summed E-state index contributed by atoms with van der Waals surface area (Å²) in [5, 5.41) is 9.09. The van der Waals surface area contributed by atoms with Crippen molar-refractivity contribution in [1.29, 1.82) is 5.26 Å². The van der Waals surface area contributed by atoms with Gasteiger partial charge < -0.3 is 4.74 Å². The average molecular weight is 455 g/mol. The highest BCUT2D eigenvalue weighted by Gasteiger charge is 2.60. The van der Waals surface area contributed by atoms with Gasteiger partial charge in [0, 0.05) is 0 Å². The summed E-state index contributed by atoms with van der Waals surface area (Å²) in [7, 11) is 2.69. The standard InChI is InChI=1S/C23H18F3N4O3/c1-13-18(20(31)33-3)19(15-9-7-14(12-27)8-10-15)30-21(28(2)22(30)32)29(13)17-6-4-5-16(11-17)23(24,25)26/h4-11,19H,1-3H3/q+1. The van der Waals surface area contributed by atoms with E-state index in [4.69, 9.17) is 10.00 Å². The molecule has 0 radical (unpaired) electrons. The number of methoxy groups -OCH3 is 1. The van der Waals surface area contributed by atoms with Gasteiger partial charge in [0.15, 0.2) is 0 Å². The molecule has 4 rings (SSSR count). The highest BCUT2D eigenvalue weighted by molar-refractivity contribution is 6.14. The molecular weight excluding hydrogens is 437 g/mol. The van der Waals surface area contributed by atoms with Crippen molar-refractivity contribution in [3.05, 3.63) is 76.5 Å². The van der Waals surface area contributed by atoms with Crippen LogP contribution < -0.4 is 0 Å². The number of amides is 2. The molecule has 33 heavy (non-hydrogen) atoms. The van der Waals surface area contributed by atoms with Gasteiger partial charge in [-0.1, -0.05) is 18.2 Å². The number of alkyl halides is 3. The molecule has 1 atom stereocenters. The number of rotatable bonds is 3. The highest BCUT2D eigenvalue weighted by Crippen LogP contribution is 2.43. The van der Waals surface area contributed by atoms with E-state index in [0.717, 1.165) is 12.1 Å². The zero-order valence-electron chi connectivity index (χ0n) is 17.8. The van der Waals surface area contributed by atoms with Crippen LogP contribution in [0.15, 0.2) is 59.8 Å². The van der Waals surface area contributed by atoms with Crippen LogP contribution in [0.3, 0.4) is 0 Å². The molecule has 2 aromatic rings. The number of carbonyl (C=O) groups is 2. The molecule has 2 aliphatic rings. The Hall–Kier alpha value is -4.13. The first-order valence-electron chi connectivity index (χ1n) is 9.80. The second kappa shape index (κ2) is 7.78. The van der Waals surface area contributed by atoms with Crippen LogP contribution in [0.25, 0.3) is 0 Å². The number of nitriles is 1. The minimum absolute atomic E-state index is 0.102. The quantitative estimate of drug-likeness (QED) is 0.515. The fourth-order valence-corrected chi connectivity index (χ4v) is 4.09. The van der Waals surface area contributed by atoms with E-state index in [9.17, 15) is 22.8 Å². The summed E-state index contributed by atoms with van der Waals surface area (Å²) in [5.41, 5.74) is 0.655. The number of urea groups is 1. The van der Waals surface area contributed by atoms with Crippen LogP contribution in [-0.2, 0) is 15.7 Å². The molecular formula is C23H18F3N4O3+. The molecule has 7 nitrogen and oxygen atoms in total. The monoisotopic (exact) mass is 455 g/mol. The number of ether oxygens (including phenoxy) is 1. The maximum absolute atomic E-state index is 13.4. The van der Waals surface area contributed by atoms with Crippen LogP contribution in [0, 0.1) is 11.3 Å². The van der Waals surface area contributed by atoms with Crippen molar-refractivity contribution in [1.82, 2.24) is 9.80 Å². The smallest absolute Gasteiger partial charge is 0.451 e. The van der Waals surface area contributed by atoms with Gasteiger partial charge in [0.1, 0.15) is 17.3 Å². The number of nitrogens with zero attached hydrogens (tertiary/aromatic N) is 4. The summed E-state index contributed by atoms with van der Waals surface area (Å²) in [6, 6.07) is 11.7. The predicted molar refractivity (Wildman–Crippen MR) is 110 cm³/mol. The van der Waals surface area contributed by atoms with Gasteiger partial charge in [-0.25, -0.2) is 14.2 Å². The minimum atomic E-state index is -4.56. The van der Waals surface area contributed by atoms with E-state index in [2.05, 4.69) is 0 Å². The molecule has 1 saturated heterocycles. The summed E-state index contributed by atoms with van der Waals surface area (Å²) in [6.07, 6.45) is -4.56. The Balaban J connectivity index is 1.97. The summed E-state index contributed by atoms with van der Waals surface area (Å²) in [5.74, 6) is -0.418. The first-order valence-corrected chi connectivity index (χ1v) is 9.80. The van der Waals surface area contributed by atoms with Gasteiger partial charge in [-0.3, -0.25) is 0 Å². The lowest BCUT2D eigenvalue weighted by atomic mass is 9.92. The summed E-state index contributed by atoms with van der Waals surface area (Å²) >= 11 is 0. The molecule has 1 unspecified atom stereocenters. The number of allylic oxidation sites excluding steroid dienone is 1. The minimum Gasteiger partial charge on any atom is -0.465 e. The Kier molecular flexibility index (Phi) is 5.20. The molecule has 0 bridgehead atoms. The van der Waals surface area contributed by atoms with Crippen LogP contribution in [-0.4, -0.2) is 46.5 Å². The van der Waals surface area contributed by atoms with Gasteiger partial charge in [-0.2, -0.15) is 28.2 Å². The number of guanidine groups is 1. The van der Waals surface area contributed by atoms with Crippen molar-refractivity contribution in [3.8, 4) is 6.07 Å². The molecule has 10 heteroatoms. The van der Waals surface area contributed by atoms with Crippen LogP contribution in [0.5, 0.6) is 0 Å². The number of carbonyl (C=O) groups excluding carboxylic acids is 2. The molecule has 2 aromatic carbocycles. The molecule has 2 amide bonds. The fraction of sp³-hybridized carbons (Fsp3) is 0.217. The van der Waals surface area contributed by atoms with Gasteiger partial charge in [-0.15, -0.1) is 0 Å². The van der Waals surface area contributed by atoms with Gasteiger partial charge in [-0.05, 0) is 42.8 Å². The van der Waals surface area contributed by atoms with Crippen molar-refractivity contribution < 1.29 is 32.1 Å². The zero-order chi connectivity index (χ0) is 24.1. The Morgan fingerprint density at radius 2 is 1.85 bits per heavy atom. The Labute approximate surface area is 187 Å². The van der Waals surface area contributed by atoms with Gasteiger partial charge in [0.2, 0.25) is 0 Å².